The first-order valence-corrected chi connectivity index (χ1v) is 9.33. The Morgan fingerprint density at radius 1 is 1.05 bits per heavy atom. The van der Waals surface area contributed by atoms with E-state index < -0.39 is 0 Å². The lowest BCUT2D eigenvalue weighted by Crippen LogP contribution is -2.62. The second kappa shape index (κ2) is 5.06. The van der Waals surface area contributed by atoms with Gasteiger partial charge in [-0.05, 0) is 62.7 Å². The van der Waals surface area contributed by atoms with E-state index >= 15 is 0 Å². The maximum absolute atomic E-state index is 11.1. The van der Waals surface area contributed by atoms with Gasteiger partial charge >= 0.3 is 0 Å². The Morgan fingerprint density at radius 2 is 1.77 bits per heavy atom. The van der Waals surface area contributed by atoms with Crippen molar-refractivity contribution in [2.75, 3.05) is 0 Å². The van der Waals surface area contributed by atoms with Crippen LogP contribution >= 0.6 is 0 Å². The van der Waals surface area contributed by atoms with Gasteiger partial charge in [-0.15, -0.1) is 0 Å². The number of carbonyl (C=O) groups excluding carboxylic acids is 1. The van der Waals surface area contributed by atoms with Crippen LogP contribution in [0.15, 0.2) is 0 Å². The van der Waals surface area contributed by atoms with E-state index in [4.69, 9.17) is 4.74 Å². The second-order valence-corrected chi connectivity index (χ2v) is 9.60. The average molecular weight is 306 g/mol. The molecule has 2 aliphatic carbocycles. The van der Waals surface area contributed by atoms with Crippen molar-refractivity contribution in [1.29, 1.82) is 0 Å². The molecular formula is C20H34O2. The highest BCUT2D eigenvalue weighted by molar-refractivity contribution is 5.51. The fourth-order valence-electron chi connectivity index (χ4n) is 6.61. The molecule has 0 N–H and O–H groups in total. The molecule has 22 heavy (non-hydrogen) atoms. The molecule has 0 aromatic heterocycles. The van der Waals surface area contributed by atoms with Gasteiger partial charge in [-0.2, -0.15) is 0 Å². The minimum Gasteiger partial charge on any atom is -0.368 e. The van der Waals surface area contributed by atoms with Gasteiger partial charge in [-0.25, -0.2) is 0 Å². The molecule has 1 aliphatic heterocycles. The fraction of sp³-hybridized carbons (Fsp3) is 0.950. The van der Waals surface area contributed by atoms with Crippen molar-refractivity contribution in [1.82, 2.24) is 0 Å². The van der Waals surface area contributed by atoms with Gasteiger partial charge in [0.15, 0.2) is 0 Å². The molecule has 3 aliphatic rings. The number of hydrogen-bond donors (Lipinski definition) is 0. The third kappa shape index (κ3) is 2.12. The highest BCUT2D eigenvalue weighted by Crippen LogP contribution is 2.67. The predicted molar refractivity (Wildman–Crippen MR) is 89.8 cm³/mol. The zero-order chi connectivity index (χ0) is 16.2. The second-order valence-electron chi connectivity index (χ2n) is 9.60. The Kier molecular flexibility index (Phi) is 3.79. The average Bonchev–Trinajstić information content (AvgIpc) is 2.76. The SMILES string of the molecule is C[C@H]1CC[C@@H]2C(C)(C)CCC[C@]2(C)[C@@]12CC[C@@](C)(CC=O)O2. The van der Waals surface area contributed by atoms with Crippen molar-refractivity contribution in [2.45, 2.75) is 97.2 Å². The minimum absolute atomic E-state index is 0.00856. The summed E-state index contributed by atoms with van der Waals surface area (Å²) >= 11 is 0. The van der Waals surface area contributed by atoms with Crippen molar-refractivity contribution < 1.29 is 9.53 Å². The Labute approximate surface area is 136 Å². The number of aldehydes is 1. The first-order chi connectivity index (χ1) is 10.2. The van der Waals surface area contributed by atoms with E-state index in [2.05, 4.69) is 34.6 Å². The maximum Gasteiger partial charge on any atom is 0.122 e. The maximum atomic E-state index is 11.1. The van der Waals surface area contributed by atoms with E-state index in [1.807, 2.05) is 0 Å². The minimum atomic E-state index is -0.234. The number of carbonyl (C=O) groups is 1. The molecule has 2 heteroatoms. The van der Waals surface area contributed by atoms with Crippen LogP contribution in [0.25, 0.3) is 0 Å². The van der Waals surface area contributed by atoms with Crippen LogP contribution in [0.4, 0.5) is 0 Å². The molecule has 3 rings (SSSR count). The highest BCUT2D eigenvalue weighted by Gasteiger charge is 2.66. The predicted octanol–water partition coefficient (Wildman–Crippen LogP) is 5.15. The first-order valence-electron chi connectivity index (χ1n) is 9.33. The van der Waals surface area contributed by atoms with Gasteiger partial charge in [0.25, 0.3) is 0 Å². The van der Waals surface area contributed by atoms with Gasteiger partial charge in [0.05, 0.1) is 11.2 Å². The van der Waals surface area contributed by atoms with Crippen LogP contribution in [0.2, 0.25) is 0 Å². The van der Waals surface area contributed by atoms with Gasteiger partial charge in [-0.3, -0.25) is 0 Å². The summed E-state index contributed by atoms with van der Waals surface area (Å²) < 4.78 is 6.86. The molecule has 1 saturated heterocycles. The highest BCUT2D eigenvalue weighted by atomic mass is 16.5. The third-order valence-electron chi connectivity index (χ3n) is 7.85. The van der Waals surface area contributed by atoms with Gasteiger partial charge in [-0.1, -0.05) is 34.1 Å². The number of hydrogen-bond acceptors (Lipinski definition) is 2. The Hall–Kier alpha value is -0.370. The van der Waals surface area contributed by atoms with Crippen molar-refractivity contribution in [3.8, 4) is 0 Å². The summed E-state index contributed by atoms with van der Waals surface area (Å²) in [5.74, 6) is 1.36. The lowest BCUT2D eigenvalue weighted by atomic mass is 9.44. The summed E-state index contributed by atoms with van der Waals surface area (Å²) in [5.41, 5.74) is 0.452. The van der Waals surface area contributed by atoms with Crippen LogP contribution in [0, 0.1) is 22.7 Å². The molecule has 0 radical (unpaired) electrons. The molecule has 126 valence electrons. The van der Waals surface area contributed by atoms with Crippen molar-refractivity contribution >= 4 is 6.29 Å². The van der Waals surface area contributed by atoms with Gasteiger partial charge in [0, 0.05) is 11.8 Å². The van der Waals surface area contributed by atoms with Crippen molar-refractivity contribution in [3.63, 3.8) is 0 Å². The van der Waals surface area contributed by atoms with E-state index in [-0.39, 0.29) is 16.6 Å². The van der Waals surface area contributed by atoms with Crippen molar-refractivity contribution in [2.24, 2.45) is 22.7 Å². The number of fused-ring (bicyclic) bond motifs is 2. The molecule has 3 fully saturated rings. The summed E-state index contributed by atoms with van der Waals surface area (Å²) in [5, 5.41) is 0. The zero-order valence-electron chi connectivity index (χ0n) is 15.2. The first kappa shape index (κ1) is 16.5. The Morgan fingerprint density at radius 3 is 2.45 bits per heavy atom. The largest absolute Gasteiger partial charge is 0.368 e. The molecule has 2 saturated carbocycles. The van der Waals surface area contributed by atoms with Gasteiger partial charge < -0.3 is 9.53 Å². The molecule has 0 bridgehead atoms. The summed E-state index contributed by atoms with van der Waals surface area (Å²) in [6.45, 7) is 12.0. The molecular weight excluding hydrogens is 272 g/mol. The van der Waals surface area contributed by atoms with Crippen LogP contribution in [0.5, 0.6) is 0 Å². The molecule has 5 atom stereocenters. The standard InChI is InChI=1S/C20H34O2/c1-15-7-8-16-17(2,3)9-6-10-19(16,5)20(15)12-11-18(4,22-20)13-14-21/h14-16H,6-13H2,1-5H3/t15-,16+,18-,19-,20+/m0/s1. The topological polar surface area (TPSA) is 26.3 Å². The smallest absolute Gasteiger partial charge is 0.122 e. The summed E-state index contributed by atoms with van der Waals surface area (Å²) in [4.78, 5) is 11.1. The van der Waals surface area contributed by atoms with Crippen molar-refractivity contribution in [3.05, 3.63) is 0 Å². The lowest BCUT2D eigenvalue weighted by Gasteiger charge is -2.64. The molecule has 1 heterocycles. The lowest BCUT2D eigenvalue weighted by molar-refractivity contribution is -0.244. The quantitative estimate of drug-likeness (QED) is 0.660. The molecule has 2 nitrogen and oxygen atoms in total. The van der Waals surface area contributed by atoms with E-state index in [1.54, 1.807) is 0 Å². The number of ether oxygens (including phenoxy) is 1. The fourth-order valence-corrected chi connectivity index (χ4v) is 6.61. The van der Waals surface area contributed by atoms with E-state index in [0.717, 1.165) is 25.0 Å². The van der Waals surface area contributed by atoms with Crippen LogP contribution in [-0.4, -0.2) is 17.5 Å². The monoisotopic (exact) mass is 306 g/mol. The molecule has 1 spiro atoms. The van der Waals surface area contributed by atoms with Crippen LogP contribution in [-0.2, 0) is 9.53 Å². The normalized spacial score (nSPS) is 50.8. The summed E-state index contributed by atoms with van der Waals surface area (Å²) in [7, 11) is 0. The summed E-state index contributed by atoms with van der Waals surface area (Å²) in [6, 6.07) is 0. The Balaban J connectivity index is 2.00. The molecule has 0 unspecified atom stereocenters. The van der Waals surface area contributed by atoms with E-state index in [9.17, 15) is 4.79 Å². The zero-order valence-corrected chi connectivity index (χ0v) is 15.2. The van der Waals surface area contributed by atoms with E-state index in [0.29, 0.717) is 17.8 Å². The Bertz CT molecular complexity index is 457. The van der Waals surface area contributed by atoms with Crippen LogP contribution in [0.1, 0.15) is 86.0 Å². The van der Waals surface area contributed by atoms with Crippen LogP contribution < -0.4 is 0 Å². The molecule has 0 amide bonds. The number of rotatable bonds is 2. The van der Waals surface area contributed by atoms with E-state index in [1.165, 1.54) is 32.1 Å². The molecule has 0 aromatic rings. The van der Waals surface area contributed by atoms with Gasteiger partial charge in [0.1, 0.15) is 6.29 Å². The van der Waals surface area contributed by atoms with Gasteiger partial charge in [0.2, 0.25) is 0 Å². The molecule has 0 aromatic carbocycles. The van der Waals surface area contributed by atoms with Crippen LogP contribution in [0.3, 0.4) is 0 Å². The third-order valence-corrected chi connectivity index (χ3v) is 7.85. The summed E-state index contributed by atoms with van der Waals surface area (Å²) in [6.07, 6.45) is 10.4.